The van der Waals surface area contributed by atoms with Gasteiger partial charge in [-0.25, -0.2) is 0 Å². The fourth-order valence-electron chi connectivity index (χ4n) is 1.83. The van der Waals surface area contributed by atoms with Gasteiger partial charge in [0.05, 0.1) is 5.57 Å². The maximum atomic E-state index is 11.8. The van der Waals surface area contributed by atoms with Crippen LogP contribution in [-0.4, -0.2) is 5.91 Å². The normalized spacial score (nSPS) is 16.1. The van der Waals surface area contributed by atoms with Crippen LogP contribution < -0.4 is 5.32 Å². The third kappa shape index (κ3) is 1.74. The molecule has 2 heterocycles. The number of furan rings is 1. The largest absolute Gasteiger partial charge is 0.445 e. The minimum Gasteiger partial charge on any atom is -0.445 e. The number of nitrogens with one attached hydrogen (secondary N) is 1. The van der Waals surface area contributed by atoms with E-state index in [-0.39, 0.29) is 5.91 Å². The van der Waals surface area contributed by atoms with Crippen molar-refractivity contribution in [3.63, 3.8) is 0 Å². The first-order chi connectivity index (χ1) is 8.24. The molecule has 0 bridgehead atoms. The molecule has 0 spiro atoms. The van der Waals surface area contributed by atoms with E-state index in [4.69, 9.17) is 16.0 Å². The van der Waals surface area contributed by atoms with Gasteiger partial charge in [0.15, 0.2) is 5.22 Å². The van der Waals surface area contributed by atoms with E-state index in [1.165, 1.54) is 0 Å². The van der Waals surface area contributed by atoms with Crippen molar-refractivity contribution in [2.45, 2.75) is 0 Å². The maximum Gasteiger partial charge on any atom is 0.256 e. The second-order valence-corrected chi connectivity index (χ2v) is 4.07. The number of hydrogen-bond donors (Lipinski definition) is 1. The number of benzene rings is 1. The van der Waals surface area contributed by atoms with Crippen LogP contribution >= 0.6 is 11.6 Å². The van der Waals surface area contributed by atoms with Crippen LogP contribution in [0, 0.1) is 0 Å². The highest BCUT2D eigenvalue weighted by atomic mass is 35.5. The molecule has 4 heteroatoms. The summed E-state index contributed by atoms with van der Waals surface area (Å²) in [4.78, 5) is 11.8. The van der Waals surface area contributed by atoms with E-state index in [9.17, 15) is 4.79 Å². The van der Waals surface area contributed by atoms with Gasteiger partial charge in [-0.2, -0.15) is 0 Å². The molecule has 0 unspecified atom stereocenters. The van der Waals surface area contributed by atoms with E-state index in [0.29, 0.717) is 16.6 Å². The van der Waals surface area contributed by atoms with Crippen molar-refractivity contribution >= 4 is 34.8 Å². The first kappa shape index (κ1) is 10.2. The predicted molar refractivity (Wildman–Crippen MR) is 66.7 cm³/mol. The number of hydrogen-bond acceptors (Lipinski definition) is 2. The van der Waals surface area contributed by atoms with Crippen molar-refractivity contribution in [3.05, 3.63) is 52.9 Å². The molecule has 0 radical (unpaired) electrons. The Balaban J connectivity index is 2.09. The topological polar surface area (TPSA) is 42.2 Å². The molecule has 1 aliphatic heterocycles. The van der Waals surface area contributed by atoms with Crippen molar-refractivity contribution in [2.24, 2.45) is 0 Å². The first-order valence-electron chi connectivity index (χ1n) is 5.12. The lowest BCUT2D eigenvalue weighted by Gasteiger charge is -1.95. The summed E-state index contributed by atoms with van der Waals surface area (Å²) in [6, 6.07) is 10.9. The fourth-order valence-corrected chi connectivity index (χ4v) is 1.98. The lowest BCUT2D eigenvalue weighted by atomic mass is 10.1. The zero-order valence-electron chi connectivity index (χ0n) is 8.74. The Morgan fingerprint density at radius 1 is 1.18 bits per heavy atom. The summed E-state index contributed by atoms with van der Waals surface area (Å²) < 4.78 is 5.22. The first-order valence-corrected chi connectivity index (χ1v) is 5.49. The van der Waals surface area contributed by atoms with Crippen LogP contribution in [0.3, 0.4) is 0 Å². The highest BCUT2D eigenvalue weighted by Gasteiger charge is 2.23. The summed E-state index contributed by atoms with van der Waals surface area (Å²) in [5.74, 6) is 0.440. The average Bonchev–Trinajstić information content (AvgIpc) is 2.85. The Bertz CT molecular complexity index is 628. The average molecular weight is 246 g/mol. The Hall–Kier alpha value is -2.00. The summed E-state index contributed by atoms with van der Waals surface area (Å²) in [6.07, 6.45) is 1.69. The molecule has 84 valence electrons. The predicted octanol–water partition coefficient (Wildman–Crippen LogP) is 3.43. The van der Waals surface area contributed by atoms with Crippen LogP contribution in [0.2, 0.25) is 5.22 Å². The molecule has 1 amide bonds. The van der Waals surface area contributed by atoms with E-state index >= 15 is 0 Å². The van der Waals surface area contributed by atoms with Crippen LogP contribution in [0.1, 0.15) is 11.3 Å². The Kier molecular flexibility index (Phi) is 2.27. The molecular weight excluding hydrogens is 238 g/mol. The second-order valence-electron chi connectivity index (χ2n) is 3.70. The van der Waals surface area contributed by atoms with Gasteiger partial charge in [-0.05, 0) is 35.9 Å². The summed E-state index contributed by atoms with van der Waals surface area (Å²) in [6.45, 7) is 0. The number of rotatable bonds is 1. The van der Waals surface area contributed by atoms with Gasteiger partial charge in [0.25, 0.3) is 5.91 Å². The molecule has 3 nitrogen and oxygen atoms in total. The molecule has 0 fully saturated rings. The number of carbonyl (C=O) groups is 1. The molecular formula is C13H8ClNO2. The van der Waals surface area contributed by atoms with E-state index in [1.807, 2.05) is 24.3 Å². The molecule has 0 aliphatic carbocycles. The molecule has 2 aromatic rings. The van der Waals surface area contributed by atoms with Gasteiger partial charge >= 0.3 is 0 Å². The van der Waals surface area contributed by atoms with Crippen molar-refractivity contribution in [2.75, 3.05) is 5.32 Å². The standard InChI is InChI=1S/C13H8ClNO2/c14-12-6-5-8(17-12)7-10-9-3-1-2-4-11(9)15-13(10)16/h1-7H,(H,15,16)/b10-7-. The minimum absolute atomic E-state index is 0.126. The van der Waals surface area contributed by atoms with Crippen molar-refractivity contribution in [3.8, 4) is 0 Å². The SMILES string of the molecule is O=C1Nc2ccccc2/C1=C/c1ccc(Cl)o1. The van der Waals surface area contributed by atoms with Crippen LogP contribution in [0.4, 0.5) is 5.69 Å². The molecule has 1 aromatic carbocycles. The molecule has 0 atom stereocenters. The van der Waals surface area contributed by atoms with Gasteiger partial charge in [-0.1, -0.05) is 18.2 Å². The van der Waals surface area contributed by atoms with Crippen molar-refractivity contribution in [1.82, 2.24) is 0 Å². The van der Waals surface area contributed by atoms with Crippen LogP contribution in [0.25, 0.3) is 11.6 Å². The van der Waals surface area contributed by atoms with Gasteiger partial charge in [-0.3, -0.25) is 4.79 Å². The zero-order chi connectivity index (χ0) is 11.8. The summed E-state index contributed by atoms with van der Waals surface area (Å²) in [7, 11) is 0. The van der Waals surface area contributed by atoms with Gasteiger partial charge in [0.1, 0.15) is 5.76 Å². The Labute approximate surface area is 103 Å². The van der Waals surface area contributed by atoms with Gasteiger partial charge in [0, 0.05) is 11.3 Å². The molecule has 3 rings (SSSR count). The van der Waals surface area contributed by atoms with E-state index < -0.39 is 0 Å². The second kappa shape index (κ2) is 3.79. The molecule has 0 saturated carbocycles. The lowest BCUT2D eigenvalue weighted by Crippen LogP contribution is -2.03. The van der Waals surface area contributed by atoms with Crippen LogP contribution in [0.5, 0.6) is 0 Å². The quantitative estimate of drug-likeness (QED) is 0.782. The summed E-state index contributed by atoms with van der Waals surface area (Å²) in [5.41, 5.74) is 2.29. The highest BCUT2D eigenvalue weighted by Crippen LogP contribution is 2.33. The van der Waals surface area contributed by atoms with E-state index in [1.54, 1.807) is 18.2 Å². The van der Waals surface area contributed by atoms with E-state index in [0.717, 1.165) is 11.3 Å². The zero-order valence-corrected chi connectivity index (χ0v) is 9.49. The van der Waals surface area contributed by atoms with Crippen molar-refractivity contribution < 1.29 is 9.21 Å². The fraction of sp³-hybridized carbons (Fsp3) is 0. The molecule has 1 aliphatic rings. The highest BCUT2D eigenvalue weighted by molar-refractivity contribution is 6.34. The number of carbonyl (C=O) groups excluding carboxylic acids is 1. The van der Waals surface area contributed by atoms with Gasteiger partial charge in [-0.15, -0.1) is 0 Å². The molecule has 0 saturated heterocycles. The molecule has 1 N–H and O–H groups in total. The Morgan fingerprint density at radius 2 is 2.00 bits per heavy atom. The number of amides is 1. The third-order valence-electron chi connectivity index (χ3n) is 2.59. The number of fused-ring (bicyclic) bond motifs is 1. The van der Waals surface area contributed by atoms with Crippen molar-refractivity contribution in [1.29, 1.82) is 0 Å². The van der Waals surface area contributed by atoms with Crippen LogP contribution in [-0.2, 0) is 4.79 Å². The monoisotopic (exact) mass is 245 g/mol. The van der Waals surface area contributed by atoms with Crippen LogP contribution in [0.15, 0.2) is 40.8 Å². The maximum absolute atomic E-state index is 11.8. The minimum atomic E-state index is -0.126. The third-order valence-corrected chi connectivity index (χ3v) is 2.79. The summed E-state index contributed by atoms with van der Waals surface area (Å²) >= 11 is 5.69. The molecule has 17 heavy (non-hydrogen) atoms. The van der Waals surface area contributed by atoms with E-state index in [2.05, 4.69) is 5.32 Å². The molecule has 1 aromatic heterocycles. The van der Waals surface area contributed by atoms with Gasteiger partial charge in [0.2, 0.25) is 0 Å². The number of halogens is 1. The van der Waals surface area contributed by atoms with Gasteiger partial charge < -0.3 is 9.73 Å². The summed E-state index contributed by atoms with van der Waals surface area (Å²) in [5, 5.41) is 3.10. The number of anilines is 1. The lowest BCUT2D eigenvalue weighted by molar-refractivity contribution is -0.110. The Morgan fingerprint density at radius 3 is 2.76 bits per heavy atom. The smallest absolute Gasteiger partial charge is 0.256 e. The number of para-hydroxylation sites is 1.